The Bertz CT molecular complexity index is 545. The maximum atomic E-state index is 12.7. The van der Waals surface area contributed by atoms with Crippen LogP contribution in [0.3, 0.4) is 0 Å². The molecule has 1 atom stereocenters. The van der Waals surface area contributed by atoms with Crippen LogP contribution in [-0.4, -0.2) is 37.5 Å². The molecule has 1 fully saturated rings. The molecule has 0 spiro atoms. The molecule has 0 aliphatic carbocycles. The predicted octanol–water partition coefficient (Wildman–Crippen LogP) is 3.49. The summed E-state index contributed by atoms with van der Waals surface area (Å²) in [6.45, 7) is 2.67. The Kier molecular flexibility index (Phi) is 6.66. The Morgan fingerprint density at radius 3 is 2.83 bits per heavy atom. The number of amides is 1. The number of aryl methyl sites for hydroxylation is 1. The highest BCUT2D eigenvalue weighted by molar-refractivity contribution is 5.78. The predicted molar refractivity (Wildman–Crippen MR) is 87.6 cm³/mol. The molecular weight excluding hydrogens is 317 g/mol. The van der Waals surface area contributed by atoms with Crippen molar-refractivity contribution in [2.24, 2.45) is 5.92 Å². The van der Waals surface area contributed by atoms with Gasteiger partial charge < -0.3 is 10.2 Å². The van der Waals surface area contributed by atoms with Gasteiger partial charge in [0.05, 0.1) is 11.5 Å². The zero-order valence-corrected chi connectivity index (χ0v) is 14.0. The van der Waals surface area contributed by atoms with Crippen molar-refractivity contribution in [1.29, 1.82) is 0 Å². The summed E-state index contributed by atoms with van der Waals surface area (Å²) in [7, 11) is 1.66. The molecule has 0 bridgehead atoms. The van der Waals surface area contributed by atoms with Crippen molar-refractivity contribution >= 4 is 5.91 Å². The van der Waals surface area contributed by atoms with Gasteiger partial charge in [0.2, 0.25) is 5.91 Å². The van der Waals surface area contributed by atoms with Gasteiger partial charge in [-0.25, -0.2) is 0 Å². The Balaban J connectivity index is 1.74. The summed E-state index contributed by atoms with van der Waals surface area (Å²) in [5.41, 5.74) is 0.149. The lowest BCUT2D eigenvalue weighted by Gasteiger charge is -2.31. The van der Waals surface area contributed by atoms with Gasteiger partial charge in [-0.05, 0) is 56.8 Å². The Labute approximate surface area is 141 Å². The monoisotopic (exact) mass is 342 g/mol. The second kappa shape index (κ2) is 8.51. The largest absolute Gasteiger partial charge is 0.416 e. The van der Waals surface area contributed by atoms with Crippen molar-refractivity contribution in [2.45, 2.75) is 38.3 Å². The lowest BCUT2D eigenvalue weighted by atomic mass is 9.97. The number of nitrogens with one attached hydrogen (secondary N) is 1. The van der Waals surface area contributed by atoms with Crippen LogP contribution in [-0.2, 0) is 17.4 Å². The van der Waals surface area contributed by atoms with E-state index in [0.717, 1.165) is 56.9 Å². The topological polar surface area (TPSA) is 32.3 Å². The molecule has 3 nitrogen and oxygen atoms in total. The fraction of sp³-hybridized carbons (Fsp3) is 0.611. The minimum absolute atomic E-state index is 0.0622. The summed E-state index contributed by atoms with van der Waals surface area (Å²) in [5.74, 6) is 0.163. The number of hydrogen-bond acceptors (Lipinski definition) is 2. The van der Waals surface area contributed by atoms with E-state index in [1.165, 1.54) is 12.1 Å². The van der Waals surface area contributed by atoms with E-state index < -0.39 is 11.7 Å². The first kappa shape index (κ1) is 18.8. The number of unbranched alkanes of at least 4 members (excludes halogenated alkanes) is 1. The molecule has 0 radical (unpaired) electrons. The number of piperidine rings is 1. The summed E-state index contributed by atoms with van der Waals surface area (Å²) in [5, 5.41) is 2.70. The molecule has 1 saturated heterocycles. The van der Waals surface area contributed by atoms with Crippen LogP contribution >= 0.6 is 0 Å². The van der Waals surface area contributed by atoms with Gasteiger partial charge in [0, 0.05) is 13.6 Å². The molecular formula is C18H25F3N2O. The summed E-state index contributed by atoms with van der Waals surface area (Å²) < 4.78 is 38.1. The second-order valence-electron chi connectivity index (χ2n) is 6.41. The maximum absolute atomic E-state index is 12.7. The standard InChI is InChI=1S/C18H25F3N2O/c1-22-17(24)15-8-5-11-23(13-15)10-3-2-6-14-7-4-9-16(12-14)18(19,20)21/h4,7,9,12,15H,2-3,5-6,8,10-11,13H2,1H3,(H,22,24)/t15-/m1/s1. The van der Waals surface area contributed by atoms with Crippen LogP contribution in [0.1, 0.15) is 36.8 Å². The van der Waals surface area contributed by atoms with Crippen LogP contribution in [0.4, 0.5) is 13.2 Å². The molecule has 1 aliphatic heterocycles. The van der Waals surface area contributed by atoms with Gasteiger partial charge in [0.1, 0.15) is 0 Å². The van der Waals surface area contributed by atoms with Crippen LogP contribution in [0, 0.1) is 5.92 Å². The van der Waals surface area contributed by atoms with E-state index in [4.69, 9.17) is 0 Å². The number of carbonyl (C=O) groups excluding carboxylic acids is 1. The summed E-state index contributed by atoms with van der Waals surface area (Å²) >= 11 is 0. The van der Waals surface area contributed by atoms with E-state index >= 15 is 0 Å². The average Bonchev–Trinajstić information content (AvgIpc) is 2.58. The number of alkyl halides is 3. The van der Waals surface area contributed by atoms with Crippen LogP contribution in [0.2, 0.25) is 0 Å². The SMILES string of the molecule is CNC(=O)[C@@H]1CCCN(CCCCc2cccc(C(F)(F)F)c2)C1. The highest BCUT2D eigenvalue weighted by Gasteiger charge is 2.30. The molecule has 1 amide bonds. The van der Waals surface area contributed by atoms with Gasteiger partial charge in [0.15, 0.2) is 0 Å². The molecule has 1 aromatic rings. The van der Waals surface area contributed by atoms with Gasteiger partial charge in [-0.15, -0.1) is 0 Å². The maximum Gasteiger partial charge on any atom is 0.416 e. The third kappa shape index (κ3) is 5.51. The van der Waals surface area contributed by atoms with Crippen LogP contribution in [0.15, 0.2) is 24.3 Å². The van der Waals surface area contributed by atoms with E-state index in [1.54, 1.807) is 13.1 Å². The normalized spacial score (nSPS) is 19.2. The number of nitrogens with zero attached hydrogens (tertiary/aromatic N) is 1. The van der Waals surface area contributed by atoms with E-state index in [1.807, 2.05) is 0 Å². The Morgan fingerprint density at radius 1 is 1.33 bits per heavy atom. The molecule has 1 N–H and O–H groups in total. The number of carbonyl (C=O) groups is 1. The van der Waals surface area contributed by atoms with Crippen LogP contribution in [0.25, 0.3) is 0 Å². The first-order chi connectivity index (χ1) is 11.4. The third-order valence-electron chi connectivity index (χ3n) is 4.57. The van der Waals surface area contributed by atoms with E-state index in [-0.39, 0.29) is 11.8 Å². The summed E-state index contributed by atoms with van der Waals surface area (Å²) in [4.78, 5) is 14.0. The van der Waals surface area contributed by atoms with E-state index in [0.29, 0.717) is 6.42 Å². The van der Waals surface area contributed by atoms with Crippen molar-refractivity contribution in [3.8, 4) is 0 Å². The summed E-state index contributed by atoms with van der Waals surface area (Å²) in [6, 6.07) is 5.56. The molecule has 0 unspecified atom stereocenters. The molecule has 0 saturated carbocycles. The first-order valence-electron chi connectivity index (χ1n) is 8.50. The molecule has 134 valence electrons. The average molecular weight is 342 g/mol. The Hall–Kier alpha value is -1.56. The molecule has 2 rings (SSSR count). The highest BCUT2D eigenvalue weighted by Crippen LogP contribution is 2.29. The van der Waals surface area contributed by atoms with Gasteiger partial charge >= 0.3 is 6.18 Å². The van der Waals surface area contributed by atoms with Crippen LogP contribution < -0.4 is 5.32 Å². The minimum atomic E-state index is -4.28. The van der Waals surface area contributed by atoms with Crippen molar-refractivity contribution < 1.29 is 18.0 Å². The molecule has 0 aromatic heterocycles. The molecule has 1 aromatic carbocycles. The van der Waals surface area contributed by atoms with Gasteiger partial charge in [-0.3, -0.25) is 4.79 Å². The Morgan fingerprint density at radius 2 is 2.12 bits per heavy atom. The van der Waals surface area contributed by atoms with Crippen molar-refractivity contribution in [3.05, 3.63) is 35.4 Å². The van der Waals surface area contributed by atoms with E-state index in [9.17, 15) is 18.0 Å². The molecule has 6 heteroatoms. The molecule has 1 heterocycles. The molecule has 24 heavy (non-hydrogen) atoms. The highest BCUT2D eigenvalue weighted by atomic mass is 19.4. The summed E-state index contributed by atoms with van der Waals surface area (Å²) in [6.07, 6.45) is 0.0978. The number of benzene rings is 1. The van der Waals surface area contributed by atoms with Crippen LogP contribution in [0.5, 0.6) is 0 Å². The van der Waals surface area contributed by atoms with Gasteiger partial charge in [0.25, 0.3) is 0 Å². The first-order valence-corrected chi connectivity index (χ1v) is 8.50. The minimum Gasteiger partial charge on any atom is -0.359 e. The second-order valence-corrected chi connectivity index (χ2v) is 6.41. The zero-order valence-electron chi connectivity index (χ0n) is 14.0. The third-order valence-corrected chi connectivity index (χ3v) is 4.57. The number of halogens is 3. The number of hydrogen-bond donors (Lipinski definition) is 1. The van der Waals surface area contributed by atoms with E-state index in [2.05, 4.69) is 10.2 Å². The fourth-order valence-electron chi connectivity index (χ4n) is 3.24. The lowest BCUT2D eigenvalue weighted by Crippen LogP contribution is -2.42. The van der Waals surface area contributed by atoms with Crippen molar-refractivity contribution in [3.63, 3.8) is 0 Å². The van der Waals surface area contributed by atoms with Crippen molar-refractivity contribution in [1.82, 2.24) is 10.2 Å². The molecule has 1 aliphatic rings. The lowest BCUT2D eigenvalue weighted by molar-refractivity contribution is -0.137. The quantitative estimate of drug-likeness (QED) is 0.803. The van der Waals surface area contributed by atoms with Gasteiger partial charge in [-0.2, -0.15) is 13.2 Å². The van der Waals surface area contributed by atoms with Crippen molar-refractivity contribution in [2.75, 3.05) is 26.7 Å². The number of rotatable bonds is 6. The number of likely N-dealkylation sites (tertiary alicyclic amines) is 1. The zero-order chi connectivity index (χ0) is 17.6. The van der Waals surface area contributed by atoms with Gasteiger partial charge in [-0.1, -0.05) is 18.2 Å². The smallest absolute Gasteiger partial charge is 0.359 e. The fourth-order valence-corrected chi connectivity index (χ4v) is 3.24.